The molecular formula is C30H35ClF7NO3Si. The maximum atomic E-state index is 14.0. The number of nitrogens with zero attached hydrogens (tertiary/aromatic N) is 1. The number of hydrogen-bond donors (Lipinski definition) is 0. The number of hydrogen-bond acceptors (Lipinski definition) is 4. The van der Waals surface area contributed by atoms with Gasteiger partial charge in [-0.05, 0) is 54.4 Å². The zero-order valence-electron chi connectivity index (χ0n) is 24.5. The molecule has 1 heterocycles. The minimum absolute atomic E-state index is 0.0772. The van der Waals surface area contributed by atoms with E-state index in [9.17, 15) is 30.7 Å². The largest absolute Gasteiger partial charge is 0.416 e. The Hall–Kier alpha value is -2.14. The molecule has 0 aliphatic carbocycles. The molecule has 0 spiro atoms. The number of morpholine rings is 1. The van der Waals surface area contributed by atoms with Crippen LogP contribution in [-0.2, 0) is 32.0 Å². The summed E-state index contributed by atoms with van der Waals surface area (Å²) in [5.41, 5.74) is -3.53. The highest BCUT2D eigenvalue weighted by molar-refractivity contribution is 6.48. The van der Waals surface area contributed by atoms with Crippen molar-refractivity contribution in [2.45, 2.75) is 70.8 Å². The zero-order valence-corrected chi connectivity index (χ0v) is 26.4. The Morgan fingerprint density at radius 1 is 0.930 bits per heavy atom. The Bertz CT molecular complexity index is 1250. The van der Waals surface area contributed by atoms with Crippen molar-refractivity contribution < 1.29 is 44.6 Å². The van der Waals surface area contributed by atoms with E-state index in [4.69, 9.17) is 25.5 Å². The lowest BCUT2D eigenvalue weighted by Gasteiger charge is -2.47. The van der Waals surface area contributed by atoms with Gasteiger partial charge in [0, 0.05) is 18.5 Å². The van der Waals surface area contributed by atoms with Crippen molar-refractivity contribution in [2.24, 2.45) is 5.41 Å². The first kappa shape index (κ1) is 35.3. The van der Waals surface area contributed by atoms with Crippen molar-refractivity contribution in [3.8, 4) is 11.8 Å². The molecule has 1 fully saturated rings. The fraction of sp³-hybridized carbons (Fsp3) is 0.533. The quantitative estimate of drug-likeness (QED) is 0.0947. The summed E-state index contributed by atoms with van der Waals surface area (Å²) < 4.78 is 117. The van der Waals surface area contributed by atoms with Crippen molar-refractivity contribution >= 4 is 20.6 Å². The molecule has 1 aliphatic rings. The van der Waals surface area contributed by atoms with E-state index in [0.29, 0.717) is 24.2 Å². The molecule has 0 radical (unpaired) electrons. The van der Waals surface area contributed by atoms with Crippen LogP contribution in [0.25, 0.3) is 0 Å². The summed E-state index contributed by atoms with van der Waals surface area (Å²) in [7, 11) is -2.22. The van der Waals surface area contributed by atoms with Gasteiger partial charge in [-0.2, -0.15) is 26.3 Å². The molecule has 238 valence electrons. The Morgan fingerprint density at radius 2 is 1.49 bits per heavy atom. The smallest absolute Gasteiger partial charge is 0.390 e. The van der Waals surface area contributed by atoms with E-state index in [2.05, 4.69) is 11.8 Å². The van der Waals surface area contributed by atoms with Gasteiger partial charge in [-0.15, -0.1) is 11.6 Å². The van der Waals surface area contributed by atoms with E-state index in [1.807, 2.05) is 4.90 Å². The average molecular weight is 654 g/mol. The second-order valence-corrected chi connectivity index (χ2v) is 14.4. The molecule has 3 atom stereocenters. The summed E-state index contributed by atoms with van der Waals surface area (Å²) in [5, 5.41) is 0. The van der Waals surface area contributed by atoms with E-state index in [1.54, 1.807) is 33.9 Å². The van der Waals surface area contributed by atoms with Crippen LogP contribution in [0.4, 0.5) is 30.7 Å². The van der Waals surface area contributed by atoms with E-state index >= 15 is 0 Å². The molecule has 2 aromatic carbocycles. The fourth-order valence-corrected chi connectivity index (χ4v) is 6.12. The minimum atomic E-state index is -5.07. The highest BCUT2D eigenvalue weighted by Gasteiger charge is 2.48. The summed E-state index contributed by atoms with van der Waals surface area (Å²) in [6, 6.07) is 6.13. The minimum Gasteiger partial charge on any atom is -0.390 e. The van der Waals surface area contributed by atoms with Gasteiger partial charge < -0.3 is 13.9 Å². The summed E-state index contributed by atoms with van der Waals surface area (Å²) in [4.78, 5) is 1.88. The first-order valence-corrected chi connectivity index (χ1v) is 16.9. The molecule has 0 bridgehead atoms. The van der Waals surface area contributed by atoms with Crippen molar-refractivity contribution in [2.75, 3.05) is 25.6 Å². The molecule has 3 rings (SSSR count). The Labute approximate surface area is 254 Å². The number of ether oxygens (including phenoxy) is 2. The van der Waals surface area contributed by atoms with E-state index < -0.39 is 67.4 Å². The molecule has 1 saturated heterocycles. The van der Waals surface area contributed by atoms with Crippen LogP contribution in [0.1, 0.15) is 55.5 Å². The summed E-state index contributed by atoms with van der Waals surface area (Å²) >= 11 is 5.72. The molecule has 0 amide bonds. The Morgan fingerprint density at radius 3 is 1.98 bits per heavy atom. The van der Waals surface area contributed by atoms with Crippen LogP contribution in [0.2, 0.25) is 13.1 Å². The third-order valence-corrected chi connectivity index (χ3v) is 7.51. The van der Waals surface area contributed by atoms with Gasteiger partial charge in [-0.1, -0.05) is 44.7 Å². The van der Waals surface area contributed by atoms with Crippen LogP contribution in [-0.4, -0.2) is 45.8 Å². The van der Waals surface area contributed by atoms with Crippen LogP contribution < -0.4 is 0 Å². The van der Waals surface area contributed by atoms with Gasteiger partial charge in [0.2, 0.25) is 0 Å². The monoisotopic (exact) mass is 653 g/mol. The zero-order chi connectivity index (χ0) is 32.2. The number of alkyl halides is 7. The van der Waals surface area contributed by atoms with Gasteiger partial charge in [-0.25, -0.2) is 4.39 Å². The molecule has 0 aromatic heterocycles. The topological polar surface area (TPSA) is 30.9 Å². The van der Waals surface area contributed by atoms with Crippen LogP contribution >= 0.6 is 11.6 Å². The second kappa shape index (κ2) is 13.9. The van der Waals surface area contributed by atoms with Gasteiger partial charge in [-0.3, -0.25) is 4.90 Å². The summed E-state index contributed by atoms with van der Waals surface area (Å²) in [6.45, 7) is 9.51. The van der Waals surface area contributed by atoms with E-state index in [0.717, 1.165) is 0 Å². The van der Waals surface area contributed by atoms with Crippen LogP contribution in [0.15, 0.2) is 42.5 Å². The molecule has 2 unspecified atom stereocenters. The third-order valence-electron chi connectivity index (χ3n) is 6.52. The molecule has 4 nitrogen and oxygen atoms in total. The average Bonchev–Trinajstić information content (AvgIpc) is 2.87. The molecule has 0 saturated carbocycles. The molecule has 13 heteroatoms. The van der Waals surface area contributed by atoms with E-state index in [-0.39, 0.29) is 31.5 Å². The lowest BCUT2D eigenvalue weighted by molar-refractivity contribution is -0.325. The van der Waals surface area contributed by atoms with Crippen molar-refractivity contribution in [3.05, 3.63) is 70.5 Å². The van der Waals surface area contributed by atoms with Crippen molar-refractivity contribution in [1.29, 1.82) is 0 Å². The molecule has 2 aromatic rings. The predicted octanol–water partition coefficient (Wildman–Crippen LogP) is 8.11. The van der Waals surface area contributed by atoms with Gasteiger partial charge in [0.1, 0.15) is 5.82 Å². The molecular weight excluding hydrogens is 619 g/mol. The van der Waals surface area contributed by atoms with Gasteiger partial charge in [0.25, 0.3) is 0 Å². The van der Waals surface area contributed by atoms with Crippen molar-refractivity contribution in [1.82, 2.24) is 4.90 Å². The van der Waals surface area contributed by atoms with E-state index in [1.165, 1.54) is 24.3 Å². The number of rotatable bonds is 8. The number of halogens is 8. The lowest BCUT2D eigenvalue weighted by atomic mass is 9.83. The Kier molecular flexibility index (Phi) is 11.4. The summed E-state index contributed by atoms with van der Waals surface area (Å²) in [6.07, 6.45) is -11.5. The molecule has 1 aliphatic heterocycles. The second-order valence-electron chi connectivity index (χ2n) is 11.8. The Balaban J connectivity index is 2.27. The highest BCUT2D eigenvalue weighted by Crippen LogP contribution is 2.46. The summed E-state index contributed by atoms with van der Waals surface area (Å²) in [5.74, 6) is 3.23. The standard InChI is InChI=1S/C30H35ClF7NO3Si/c1-27(2,3)19-28(42-43(4)5,21-16-22(29(33,34)35)18-23(17-21)30(36,37)38)41-26-25(20-8-10-24(32)11-9-20)39(14-15-40-26)13-7-6-12-31/h8-11,16-18,25-26,43H,12-15,19H2,1-5H3/t25?,26?,28-/m1/s1. The van der Waals surface area contributed by atoms with Gasteiger partial charge >= 0.3 is 12.4 Å². The lowest BCUT2D eigenvalue weighted by Crippen LogP contribution is -2.51. The number of benzene rings is 2. The first-order chi connectivity index (χ1) is 19.8. The van der Waals surface area contributed by atoms with Crippen LogP contribution in [0, 0.1) is 23.1 Å². The molecule has 43 heavy (non-hydrogen) atoms. The van der Waals surface area contributed by atoms with Crippen molar-refractivity contribution in [3.63, 3.8) is 0 Å². The highest BCUT2D eigenvalue weighted by atomic mass is 35.5. The molecule has 0 N–H and O–H groups in total. The van der Waals surface area contributed by atoms with Gasteiger partial charge in [0.15, 0.2) is 21.1 Å². The predicted molar refractivity (Wildman–Crippen MR) is 152 cm³/mol. The normalized spacial score (nSPS) is 20.0. The van der Waals surface area contributed by atoms with Gasteiger partial charge in [0.05, 0.1) is 36.2 Å². The van der Waals surface area contributed by atoms with Crippen LogP contribution in [0.5, 0.6) is 0 Å². The SMILES string of the molecule is C[SiH](C)O[C@@](CC(C)(C)C)(OC1OCCN(CC#CCCl)C1c1ccc(F)cc1)c1cc(C(F)(F)F)cc(C(F)(F)F)c1. The maximum absolute atomic E-state index is 14.0. The van der Waals surface area contributed by atoms with Crippen LogP contribution in [0.3, 0.4) is 0 Å². The maximum Gasteiger partial charge on any atom is 0.416 e. The third kappa shape index (κ3) is 9.67. The first-order valence-electron chi connectivity index (χ1n) is 13.6. The fourth-order valence-electron chi connectivity index (χ4n) is 4.99.